The predicted molar refractivity (Wildman–Crippen MR) is 96.8 cm³/mol. The zero-order valence-corrected chi connectivity index (χ0v) is 14.8. The van der Waals surface area contributed by atoms with Crippen LogP contribution < -0.4 is 4.90 Å². The monoisotopic (exact) mass is 329 g/mol. The van der Waals surface area contributed by atoms with Crippen LogP contribution in [0.2, 0.25) is 0 Å². The Morgan fingerprint density at radius 1 is 1.14 bits per heavy atom. The number of nitrogens with one attached hydrogen (secondary N) is 1. The van der Waals surface area contributed by atoms with Crippen LogP contribution in [0, 0.1) is 0 Å². The van der Waals surface area contributed by atoms with E-state index in [9.17, 15) is 0 Å². The molecule has 3 aromatic rings. The van der Waals surface area contributed by atoms with E-state index < -0.39 is 0 Å². The highest BCUT2D eigenvalue weighted by Gasteiger charge is 2.19. The van der Waals surface area contributed by atoms with Gasteiger partial charge in [-0.05, 0) is 37.4 Å². The van der Waals surface area contributed by atoms with E-state index in [4.69, 9.17) is 4.98 Å². The van der Waals surface area contributed by atoms with Gasteiger partial charge in [-0.25, -0.2) is 4.98 Å². The van der Waals surface area contributed by atoms with Crippen LogP contribution >= 0.6 is 23.1 Å². The highest BCUT2D eigenvalue weighted by molar-refractivity contribution is 7.98. The number of fused-ring (bicyclic) bond motifs is 1. The van der Waals surface area contributed by atoms with Crippen LogP contribution in [-0.4, -0.2) is 18.3 Å². The van der Waals surface area contributed by atoms with Gasteiger partial charge in [0, 0.05) is 10.5 Å². The van der Waals surface area contributed by atoms with Gasteiger partial charge in [0.1, 0.15) is 12.6 Å². The highest BCUT2D eigenvalue weighted by Crippen LogP contribution is 2.24. The molecule has 4 heteroatoms. The molecule has 114 valence electrons. The number of hydrogen-bond acceptors (Lipinski definition) is 3. The van der Waals surface area contributed by atoms with E-state index in [0.29, 0.717) is 6.04 Å². The van der Waals surface area contributed by atoms with Crippen molar-refractivity contribution in [2.24, 2.45) is 0 Å². The number of benzene rings is 2. The van der Waals surface area contributed by atoms with E-state index in [1.807, 2.05) is 11.3 Å². The fourth-order valence-electron chi connectivity index (χ4n) is 2.50. The molecule has 22 heavy (non-hydrogen) atoms. The molecule has 2 aromatic carbocycles. The first-order chi connectivity index (χ1) is 10.7. The molecule has 0 spiro atoms. The second kappa shape index (κ2) is 6.82. The van der Waals surface area contributed by atoms with Crippen LogP contribution in [-0.2, 0) is 6.54 Å². The van der Waals surface area contributed by atoms with Gasteiger partial charge in [0.05, 0.1) is 17.3 Å². The molecule has 1 heterocycles. The Balaban J connectivity index is 1.74. The van der Waals surface area contributed by atoms with Gasteiger partial charge in [0.15, 0.2) is 5.01 Å². The van der Waals surface area contributed by atoms with Crippen molar-refractivity contribution in [3.8, 4) is 0 Å². The summed E-state index contributed by atoms with van der Waals surface area (Å²) in [6, 6.07) is 17.7. The van der Waals surface area contributed by atoms with Crippen LogP contribution in [0.5, 0.6) is 0 Å². The minimum atomic E-state index is 0.401. The molecular formula is C18H21N2S2+. The summed E-state index contributed by atoms with van der Waals surface area (Å²) in [6.07, 6.45) is 2.11. The number of nitrogens with zero attached hydrogens (tertiary/aromatic N) is 1. The van der Waals surface area contributed by atoms with Crippen molar-refractivity contribution in [1.82, 2.24) is 4.98 Å². The van der Waals surface area contributed by atoms with Crippen molar-refractivity contribution in [3.63, 3.8) is 0 Å². The summed E-state index contributed by atoms with van der Waals surface area (Å²) in [5.74, 6) is 0. The Morgan fingerprint density at radius 2 is 1.86 bits per heavy atom. The minimum absolute atomic E-state index is 0.401. The number of thioether (sulfide) groups is 1. The Labute approximate surface area is 140 Å². The molecule has 0 aliphatic rings. The number of thiazole rings is 1. The third kappa shape index (κ3) is 3.35. The molecule has 3 rings (SSSR count). The molecule has 1 aromatic heterocycles. The summed E-state index contributed by atoms with van der Waals surface area (Å²) in [4.78, 5) is 7.59. The van der Waals surface area contributed by atoms with E-state index in [-0.39, 0.29) is 0 Å². The molecule has 0 radical (unpaired) electrons. The fraction of sp³-hybridized carbons (Fsp3) is 0.278. The van der Waals surface area contributed by atoms with Gasteiger partial charge in [-0.2, -0.15) is 0 Å². The molecule has 0 saturated carbocycles. The summed E-state index contributed by atoms with van der Waals surface area (Å²) in [5, 5.41) is 1.22. The summed E-state index contributed by atoms with van der Waals surface area (Å²) in [7, 11) is 2.25. The zero-order valence-electron chi connectivity index (χ0n) is 13.2. The third-order valence-electron chi connectivity index (χ3n) is 4.06. The van der Waals surface area contributed by atoms with Crippen molar-refractivity contribution >= 4 is 33.3 Å². The SMILES string of the molecule is CSc1ccc(C[NH+](C)[C@@H](C)c2nc3ccccc3s2)cc1. The maximum Gasteiger partial charge on any atom is 0.151 e. The Bertz CT molecular complexity index is 716. The second-order valence-electron chi connectivity index (χ2n) is 5.61. The Hall–Kier alpha value is -1.36. The number of rotatable bonds is 5. The van der Waals surface area contributed by atoms with Gasteiger partial charge in [-0.1, -0.05) is 24.3 Å². The average molecular weight is 330 g/mol. The molecule has 2 atom stereocenters. The lowest BCUT2D eigenvalue weighted by Crippen LogP contribution is -3.07. The van der Waals surface area contributed by atoms with Crippen LogP contribution in [0.3, 0.4) is 0 Å². The lowest BCUT2D eigenvalue weighted by Gasteiger charge is -2.20. The van der Waals surface area contributed by atoms with E-state index >= 15 is 0 Å². The van der Waals surface area contributed by atoms with Gasteiger partial charge in [-0.3, -0.25) is 0 Å². The summed E-state index contributed by atoms with van der Waals surface area (Å²) in [6.45, 7) is 3.29. The molecule has 0 amide bonds. The van der Waals surface area contributed by atoms with Crippen LogP contribution in [0.4, 0.5) is 0 Å². The summed E-state index contributed by atoms with van der Waals surface area (Å²) >= 11 is 3.60. The molecule has 2 nitrogen and oxygen atoms in total. The number of quaternary nitrogens is 1. The zero-order chi connectivity index (χ0) is 15.5. The van der Waals surface area contributed by atoms with Gasteiger partial charge < -0.3 is 4.90 Å². The maximum atomic E-state index is 4.80. The average Bonchev–Trinajstić information content (AvgIpc) is 2.98. The third-order valence-corrected chi connectivity index (χ3v) is 6.02. The van der Waals surface area contributed by atoms with E-state index in [1.54, 1.807) is 11.8 Å². The molecule has 1 N–H and O–H groups in total. The number of hydrogen-bond donors (Lipinski definition) is 1. The lowest BCUT2D eigenvalue weighted by molar-refractivity contribution is -0.923. The second-order valence-corrected chi connectivity index (χ2v) is 7.55. The first kappa shape index (κ1) is 15.5. The van der Waals surface area contributed by atoms with Crippen LogP contribution in [0.15, 0.2) is 53.4 Å². The van der Waals surface area contributed by atoms with Crippen molar-refractivity contribution in [2.75, 3.05) is 13.3 Å². The number of para-hydroxylation sites is 1. The van der Waals surface area contributed by atoms with Gasteiger partial charge >= 0.3 is 0 Å². The van der Waals surface area contributed by atoms with E-state index in [2.05, 4.69) is 68.8 Å². The first-order valence-electron chi connectivity index (χ1n) is 7.48. The topological polar surface area (TPSA) is 17.3 Å². The van der Waals surface area contributed by atoms with Crippen molar-refractivity contribution < 1.29 is 4.90 Å². The predicted octanol–water partition coefficient (Wildman–Crippen LogP) is 3.79. The van der Waals surface area contributed by atoms with Crippen molar-refractivity contribution in [2.45, 2.75) is 24.4 Å². The fourth-order valence-corrected chi connectivity index (χ4v) is 4.02. The highest BCUT2D eigenvalue weighted by atomic mass is 32.2. The molecule has 0 aliphatic heterocycles. The van der Waals surface area contributed by atoms with Crippen molar-refractivity contribution in [1.29, 1.82) is 0 Å². The van der Waals surface area contributed by atoms with Crippen LogP contribution in [0.25, 0.3) is 10.2 Å². The Morgan fingerprint density at radius 3 is 2.55 bits per heavy atom. The Kier molecular flexibility index (Phi) is 4.81. The first-order valence-corrected chi connectivity index (χ1v) is 9.52. The van der Waals surface area contributed by atoms with Gasteiger partial charge in [-0.15, -0.1) is 23.1 Å². The lowest BCUT2D eigenvalue weighted by atomic mass is 10.2. The molecule has 1 unspecified atom stereocenters. The maximum absolute atomic E-state index is 4.80. The summed E-state index contributed by atoms with van der Waals surface area (Å²) in [5.41, 5.74) is 2.50. The minimum Gasteiger partial charge on any atom is -0.326 e. The van der Waals surface area contributed by atoms with Gasteiger partial charge in [0.25, 0.3) is 0 Å². The summed E-state index contributed by atoms with van der Waals surface area (Å²) < 4.78 is 1.28. The molecular weight excluding hydrogens is 308 g/mol. The quantitative estimate of drug-likeness (QED) is 0.717. The molecule has 0 saturated heterocycles. The molecule has 0 bridgehead atoms. The van der Waals surface area contributed by atoms with E-state index in [0.717, 1.165) is 12.1 Å². The smallest absolute Gasteiger partial charge is 0.151 e. The largest absolute Gasteiger partial charge is 0.326 e. The molecule has 0 aliphatic carbocycles. The van der Waals surface area contributed by atoms with Gasteiger partial charge in [0.2, 0.25) is 0 Å². The normalized spacial score (nSPS) is 14.1. The molecule has 0 fully saturated rings. The number of aromatic nitrogens is 1. The van der Waals surface area contributed by atoms with Crippen molar-refractivity contribution in [3.05, 3.63) is 59.1 Å². The standard InChI is InChI=1S/C18H20N2S2/c1-13(18-19-16-6-4-5-7-17(16)22-18)20(2)12-14-8-10-15(21-3)11-9-14/h4-11,13H,12H2,1-3H3/p+1/t13-/m0/s1. The van der Waals surface area contributed by atoms with Crippen LogP contribution in [0.1, 0.15) is 23.5 Å². The van der Waals surface area contributed by atoms with E-state index in [1.165, 1.54) is 25.1 Å².